The Labute approximate surface area is 223 Å². The first-order valence-corrected chi connectivity index (χ1v) is 14.7. The number of hydrogen-bond donors (Lipinski definition) is 1. The first-order valence-electron chi connectivity index (χ1n) is 12.1. The molecular formula is C26H33Cl2N3O4S. The number of nitrogens with zero attached hydrogens (tertiary/aromatic N) is 2. The molecule has 1 saturated carbocycles. The minimum absolute atomic E-state index is 0.0387. The number of amides is 2. The van der Waals surface area contributed by atoms with Crippen molar-refractivity contribution in [1.29, 1.82) is 0 Å². The van der Waals surface area contributed by atoms with E-state index in [1.54, 1.807) is 37.3 Å². The zero-order valence-corrected chi connectivity index (χ0v) is 23.2. The molecule has 1 aliphatic carbocycles. The van der Waals surface area contributed by atoms with Crippen molar-refractivity contribution in [2.45, 2.75) is 64.6 Å². The average molecular weight is 555 g/mol. The SMILES string of the molecule is CCc1ccc(N(CC(=O)N(Cc2c(Cl)cccc2Cl)[C@H](C)C(=O)NC2CCCC2)S(C)(=O)=O)cc1. The predicted molar refractivity (Wildman–Crippen MR) is 145 cm³/mol. The summed E-state index contributed by atoms with van der Waals surface area (Å²) in [5.74, 6) is -0.832. The second kappa shape index (κ2) is 12.3. The summed E-state index contributed by atoms with van der Waals surface area (Å²) in [5.41, 5.74) is 1.92. The number of benzene rings is 2. The van der Waals surface area contributed by atoms with Crippen LogP contribution in [0, 0.1) is 0 Å². The van der Waals surface area contributed by atoms with Crippen molar-refractivity contribution in [1.82, 2.24) is 10.2 Å². The molecule has 0 aromatic heterocycles. The lowest BCUT2D eigenvalue weighted by Crippen LogP contribution is -2.52. The maximum absolute atomic E-state index is 13.7. The number of hydrogen-bond acceptors (Lipinski definition) is 4. The zero-order chi connectivity index (χ0) is 26.5. The molecule has 2 amide bonds. The van der Waals surface area contributed by atoms with Crippen LogP contribution < -0.4 is 9.62 Å². The minimum Gasteiger partial charge on any atom is -0.352 e. The number of carbonyl (C=O) groups is 2. The molecule has 1 fully saturated rings. The Morgan fingerprint density at radius 3 is 2.17 bits per heavy atom. The Balaban J connectivity index is 1.91. The van der Waals surface area contributed by atoms with Crippen molar-refractivity contribution < 1.29 is 18.0 Å². The molecule has 0 heterocycles. The Bertz CT molecular complexity index is 1160. The van der Waals surface area contributed by atoms with Gasteiger partial charge in [0.2, 0.25) is 21.8 Å². The van der Waals surface area contributed by atoms with Crippen LogP contribution in [0.25, 0.3) is 0 Å². The molecule has 1 atom stereocenters. The number of nitrogens with one attached hydrogen (secondary N) is 1. The van der Waals surface area contributed by atoms with Gasteiger partial charge in [0.1, 0.15) is 12.6 Å². The van der Waals surface area contributed by atoms with Crippen LogP contribution >= 0.6 is 23.2 Å². The predicted octanol–water partition coefficient (Wildman–Crippen LogP) is 4.80. The molecule has 0 radical (unpaired) electrons. The molecule has 2 aromatic carbocycles. The Kier molecular flexibility index (Phi) is 9.66. The summed E-state index contributed by atoms with van der Waals surface area (Å²) < 4.78 is 26.4. The van der Waals surface area contributed by atoms with Crippen LogP contribution in [-0.4, -0.2) is 50.0 Å². The molecule has 36 heavy (non-hydrogen) atoms. The summed E-state index contributed by atoms with van der Waals surface area (Å²) in [6.45, 7) is 3.13. The molecule has 0 aliphatic heterocycles. The maximum atomic E-state index is 13.7. The van der Waals surface area contributed by atoms with E-state index in [9.17, 15) is 18.0 Å². The van der Waals surface area contributed by atoms with Crippen LogP contribution in [0.5, 0.6) is 0 Å². The molecular weight excluding hydrogens is 521 g/mol. The number of carbonyl (C=O) groups excluding carboxylic acids is 2. The van der Waals surface area contributed by atoms with Crippen molar-refractivity contribution in [3.05, 3.63) is 63.6 Å². The lowest BCUT2D eigenvalue weighted by Gasteiger charge is -2.32. The molecule has 1 aliphatic rings. The summed E-state index contributed by atoms with van der Waals surface area (Å²) >= 11 is 12.7. The Morgan fingerprint density at radius 1 is 1.06 bits per heavy atom. The summed E-state index contributed by atoms with van der Waals surface area (Å²) in [6, 6.07) is 11.2. The third-order valence-corrected chi connectivity index (χ3v) is 8.42. The lowest BCUT2D eigenvalue weighted by molar-refractivity contribution is -0.139. The molecule has 196 valence electrons. The third kappa shape index (κ3) is 7.14. The van der Waals surface area contributed by atoms with E-state index in [1.165, 1.54) is 4.90 Å². The van der Waals surface area contributed by atoms with E-state index in [1.807, 2.05) is 19.1 Å². The standard InChI is InChI=1S/C26H33Cl2N3O4S/c1-4-19-12-14-21(15-13-19)31(36(3,34)35)17-25(32)30(16-22-23(27)10-7-11-24(22)28)18(2)26(33)29-20-8-5-6-9-20/h7,10-15,18,20H,4-6,8-9,16-17H2,1-3H3,(H,29,33)/t18-/m1/s1. The summed E-state index contributed by atoms with van der Waals surface area (Å²) in [5, 5.41) is 3.75. The highest BCUT2D eigenvalue weighted by molar-refractivity contribution is 7.92. The van der Waals surface area contributed by atoms with Gasteiger partial charge in [0.25, 0.3) is 0 Å². The average Bonchev–Trinajstić information content (AvgIpc) is 3.34. The van der Waals surface area contributed by atoms with Gasteiger partial charge in [-0.25, -0.2) is 8.42 Å². The zero-order valence-electron chi connectivity index (χ0n) is 20.8. The molecule has 1 N–H and O–H groups in total. The first kappa shape index (κ1) is 28.3. The van der Waals surface area contributed by atoms with Gasteiger partial charge >= 0.3 is 0 Å². The van der Waals surface area contributed by atoms with Gasteiger partial charge in [0.15, 0.2) is 0 Å². The maximum Gasteiger partial charge on any atom is 0.244 e. The number of halogens is 2. The Hall–Kier alpha value is -2.29. The van der Waals surface area contributed by atoms with E-state index in [0.717, 1.165) is 48.2 Å². The second-order valence-electron chi connectivity index (χ2n) is 9.18. The van der Waals surface area contributed by atoms with Gasteiger partial charge in [0, 0.05) is 28.2 Å². The Morgan fingerprint density at radius 2 is 1.64 bits per heavy atom. The topological polar surface area (TPSA) is 86.8 Å². The minimum atomic E-state index is -3.79. The molecule has 0 spiro atoms. The van der Waals surface area contributed by atoms with Crippen molar-refractivity contribution in [2.75, 3.05) is 17.1 Å². The van der Waals surface area contributed by atoms with Crippen LogP contribution in [-0.2, 0) is 32.6 Å². The summed E-state index contributed by atoms with van der Waals surface area (Å²) in [4.78, 5) is 28.1. The molecule has 0 bridgehead atoms. The number of sulfonamides is 1. The van der Waals surface area contributed by atoms with Crippen LogP contribution in [0.1, 0.15) is 50.7 Å². The van der Waals surface area contributed by atoms with Gasteiger partial charge in [-0.15, -0.1) is 0 Å². The largest absolute Gasteiger partial charge is 0.352 e. The van der Waals surface area contributed by atoms with Gasteiger partial charge in [-0.05, 0) is 56.0 Å². The highest BCUT2D eigenvalue weighted by Gasteiger charge is 2.32. The van der Waals surface area contributed by atoms with E-state index < -0.39 is 28.5 Å². The summed E-state index contributed by atoms with van der Waals surface area (Å²) in [7, 11) is -3.79. The fraction of sp³-hybridized carbons (Fsp3) is 0.462. The number of aryl methyl sites for hydroxylation is 1. The highest BCUT2D eigenvalue weighted by Crippen LogP contribution is 2.27. The van der Waals surface area contributed by atoms with E-state index >= 15 is 0 Å². The first-order chi connectivity index (χ1) is 17.0. The fourth-order valence-electron chi connectivity index (χ4n) is 4.34. The fourth-order valence-corrected chi connectivity index (χ4v) is 5.71. The third-order valence-electron chi connectivity index (χ3n) is 6.57. The highest BCUT2D eigenvalue weighted by atomic mass is 35.5. The van der Waals surface area contributed by atoms with Crippen LogP contribution in [0.15, 0.2) is 42.5 Å². The van der Waals surface area contributed by atoms with Crippen molar-refractivity contribution >= 4 is 50.7 Å². The van der Waals surface area contributed by atoms with Gasteiger partial charge < -0.3 is 10.2 Å². The second-order valence-corrected chi connectivity index (χ2v) is 11.9. The van der Waals surface area contributed by atoms with Gasteiger partial charge in [-0.3, -0.25) is 13.9 Å². The van der Waals surface area contributed by atoms with E-state index in [-0.39, 0.29) is 18.5 Å². The molecule has 2 aromatic rings. The number of rotatable bonds is 10. The quantitative estimate of drug-likeness (QED) is 0.457. The van der Waals surface area contributed by atoms with Crippen molar-refractivity contribution in [3.63, 3.8) is 0 Å². The smallest absolute Gasteiger partial charge is 0.244 e. The molecule has 10 heteroatoms. The van der Waals surface area contributed by atoms with Gasteiger partial charge in [0.05, 0.1) is 11.9 Å². The van der Waals surface area contributed by atoms with Crippen LogP contribution in [0.3, 0.4) is 0 Å². The molecule has 0 saturated heterocycles. The normalized spacial score (nSPS) is 14.9. The van der Waals surface area contributed by atoms with E-state index in [4.69, 9.17) is 23.2 Å². The molecule has 7 nitrogen and oxygen atoms in total. The van der Waals surface area contributed by atoms with E-state index in [2.05, 4.69) is 5.32 Å². The van der Waals surface area contributed by atoms with Crippen LogP contribution in [0.2, 0.25) is 10.0 Å². The van der Waals surface area contributed by atoms with Gasteiger partial charge in [-0.2, -0.15) is 0 Å². The number of anilines is 1. The summed E-state index contributed by atoms with van der Waals surface area (Å²) in [6.07, 6.45) is 5.77. The van der Waals surface area contributed by atoms with E-state index in [0.29, 0.717) is 21.3 Å². The van der Waals surface area contributed by atoms with Crippen molar-refractivity contribution in [3.8, 4) is 0 Å². The van der Waals surface area contributed by atoms with Gasteiger partial charge in [-0.1, -0.05) is 61.2 Å². The van der Waals surface area contributed by atoms with Crippen LogP contribution in [0.4, 0.5) is 5.69 Å². The molecule has 3 rings (SSSR count). The lowest BCUT2D eigenvalue weighted by atomic mass is 10.1. The monoisotopic (exact) mass is 553 g/mol. The van der Waals surface area contributed by atoms with Crippen molar-refractivity contribution in [2.24, 2.45) is 0 Å². The molecule has 0 unspecified atom stereocenters.